The fourth-order valence-electron chi connectivity index (χ4n) is 1.83. The number of carboxylic acid groups (broad SMARTS) is 1. The fraction of sp³-hybridized carbons (Fsp3) is 0.545. The van der Waals surface area contributed by atoms with E-state index in [1.807, 2.05) is 11.8 Å². The largest absolute Gasteiger partial charge is 0.475 e. The second-order valence-corrected chi connectivity index (χ2v) is 4.08. The van der Waals surface area contributed by atoms with E-state index in [4.69, 9.17) is 19.4 Å². The van der Waals surface area contributed by atoms with E-state index in [2.05, 4.69) is 0 Å². The number of hydrogen-bond acceptors (Lipinski definition) is 5. The third kappa shape index (κ3) is 2.42. The minimum atomic E-state index is -1.09. The highest BCUT2D eigenvalue weighted by Gasteiger charge is 2.28. The molecule has 17 heavy (non-hydrogen) atoms. The number of morpholine rings is 1. The molecule has 1 aromatic rings. The number of hydrogen-bond donors (Lipinski definition) is 2. The average molecular weight is 241 g/mol. The molecule has 2 unspecified atom stereocenters. The Labute approximate surface area is 98.4 Å². The quantitative estimate of drug-likeness (QED) is 0.804. The van der Waals surface area contributed by atoms with Gasteiger partial charge in [-0.15, -0.1) is 0 Å². The van der Waals surface area contributed by atoms with Gasteiger partial charge in [0.2, 0.25) is 5.76 Å². The monoisotopic (exact) mass is 241 g/mol. The van der Waals surface area contributed by atoms with Gasteiger partial charge < -0.3 is 24.3 Å². The third-order valence-corrected chi connectivity index (χ3v) is 2.79. The minimum absolute atomic E-state index is 0.0598. The van der Waals surface area contributed by atoms with Crippen LogP contribution in [0.25, 0.3) is 0 Å². The standard InChI is InChI=1S/C11H15NO5/c1-7-6-16-8(5-13)4-12(7)10-3-2-9(17-10)11(14)15/h2-3,7-8,13H,4-6H2,1H3,(H,14,15). The average Bonchev–Trinajstić information content (AvgIpc) is 2.79. The van der Waals surface area contributed by atoms with E-state index in [1.165, 1.54) is 6.07 Å². The first kappa shape index (κ1) is 11.9. The Morgan fingerprint density at radius 3 is 2.94 bits per heavy atom. The van der Waals surface area contributed by atoms with E-state index in [1.54, 1.807) is 6.07 Å². The lowest BCUT2D eigenvalue weighted by atomic mass is 10.2. The van der Waals surface area contributed by atoms with E-state index in [9.17, 15) is 4.79 Å². The number of ether oxygens (including phenoxy) is 1. The first-order valence-corrected chi connectivity index (χ1v) is 5.44. The Kier molecular flexibility index (Phi) is 3.35. The molecule has 2 N–H and O–H groups in total. The number of carboxylic acids is 1. The molecule has 2 rings (SSSR count). The van der Waals surface area contributed by atoms with Gasteiger partial charge in [-0.25, -0.2) is 4.79 Å². The zero-order valence-corrected chi connectivity index (χ0v) is 9.50. The number of anilines is 1. The van der Waals surface area contributed by atoms with E-state index < -0.39 is 5.97 Å². The normalized spacial score (nSPS) is 24.9. The second kappa shape index (κ2) is 4.77. The summed E-state index contributed by atoms with van der Waals surface area (Å²) in [5.74, 6) is -0.674. The highest BCUT2D eigenvalue weighted by Crippen LogP contribution is 2.24. The summed E-state index contributed by atoms with van der Waals surface area (Å²) < 4.78 is 10.6. The molecule has 1 fully saturated rings. The smallest absolute Gasteiger partial charge is 0.371 e. The first-order valence-electron chi connectivity index (χ1n) is 5.44. The van der Waals surface area contributed by atoms with Gasteiger partial charge in [0.15, 0.2) is 5.88 Å². The number of aliphatic hydroxyl groups is 1. The SMILES string of the molecule is CC1COC(CO)CN1c1ccc(C(=O)O)o1. The van der Waals surface area contributed by atoms with E-state index in [0.29, 0.717) is 19.0 Å². The van der Waals surface area contributed by atoms with Gasteiger partial charge >= 0.3 is 5.97 Å². The van der Waals surface area contributed by atoms with Crippen LogP contribution in [-0.2, 0) is 4.74 Å². The molecule has 0 aliphatic carbocycles. The van der Waals surface area contributed by atoms with Crippen molar-refractivity contribution in [2.75, 3.05) is 24.7 Å². The van der Waals surface area contributed by atoms with Crippen LogP contribution >= 0.6 is 0 Å². The van der Waals surface area contributed by atoms with Crippen molar-refractivity contribution in [3.05, 3.63) is 17.9 Å². The number of aliphatic hydroxyl groups excluding tert-OH is 1. The number of rotatable bonds is 3. The van der Waals surface area contributed by atoms with Gasteiger partial charge in [-0.3, -0.25) is 0 Å². The second-order valence-electron chi connectivity index (χ2n) is 4.08. The Morgan fingerprint density at radius 2 is 2.35 bits per heavy atom. The first-order chi connectivity index (χ1) is 8.11. The van der Waals surface area contributed by atoms with Crippen LogP contribution in [0.4, 0.5) is 5.88 Å². The highest BCUT2D eigenvalue weighted by molar-refractivity contribution is 5.84. The zero-order valence-electron chi connectivity index (χ0n) is 9.50. The van der Waals surface area contributed by atoms with Gasteiger partial charge in [-0.1, -0.05) is 0 Å². The predicted octanol–water partition coefficient (Wildman–Crippen LogP) is 0.564. The number of furan rings is 1. The van der Waals surface area contributed by atoms with Gasteiger partial charge in [-0.2, -0.15) is 0 Å². The summed E-state index contributed by atoms with van der Waals surface area (Å²) >= 11 is 0. The van der Waals surface area contributed by atoms with Crippen molar-refractivity contribution in [3.8, 4) is 0 Å². The molecule has 6 nitrogen and oxygen atoms in total. The molecule has 0 radical (unpaired) electrons. The van der Waals surface area contributed by atoms with Crippen molar-refractivity contribution in [2.24, 2.45) is 0 Å². The predicted molar refractivity (Wildman–Crippen MR) is 59.3 cm³/mol. The van der Waals surface area contributed by atoms with Crippen LogP contribution in [0, 0.1) is 0 Å². The maximum absolute atomic E-state index is 10.7. The Bertz CT molecular complexity index is 402. The molecule has 0 saturated carbocycles. The van der Waals surface area contributed by atoms with Crippen LogP contribution in [0.15, 0.2) is 16.5 Å². The topological polar surface area (TPSA) is 83.1 Å². The minimum Gasteiger partial charge on any atom is -0.475 e. The van der Waals surface area contributed by atoms with Crippen LogP contribution in [0.5, 0.6) is 0 Å². The molecule has 1 aliphatic heterocycles. The van der Waals surface area contributed by atoms with Crippen molar-refractivity contribution >= 4 is 11.9 Å². The number of carbonyl (C=O) groups is 1. The summed E-state index contributed by atoms with van der Waals surface area (Å²) in [6.07, 6.45) is -0.260. The van der Waals surface area contributed by atoms with Crippen LogP contribution in [-0.4, -0.2) is 48.1 Å². The van der Waals surface area contributed by atoms with Crippen LogP contribution < -0.4 is 4.90 Å². The third-order valence-electron chi connectivity index (χ3n) is 2.79. The zero-order chi connectivity index (χ0) is 12.4. The molecule has 2 heterocycles. The summed E-state index contributed by atoms with van der Waals surface area (Å²) in [4.78, 5) is 12.6. The number of nitrogens with zero attached hydrogens (tertiary/aromatic N) is 1. The van der Waals surface area contributed by atoms with E-state index in [-0.39, 0.29) is 24.5 Å². The molecule has 0 spiro atoms. The molecule has 94 valence electrons. The van der Waals surface area contributed by atoms with Gasteiger partial charge in [-0.05, 0) is 13.0 Å². The van der Waals surface area contributed by atoms with Crippen molar-refractivity contribution in [1.82, 2.24) is 0 Å². The van der Waals surface area contributed by atoms with Crippen molar-refractivity contribution in [1.29, 1.82) is 0 Å². The summed E-state index contributed by atoms with van der Waals surface area (Å²) in [5, 5.41) is 17.8. The summed E-state index contributed by atoms with van der Waals surface area (Å²) in [7, 11) is 0. The van der Waals surface area contributed by atoms with Crippen LogP contribution in [0.2, 0.25) is 0 Å². The summed E-state index contributed by atoms with van der Waals surface area (Å²) in [5.41, 5.74) is 0. The van der Waals surface area contributed by atoms with Gasteiger partial charge in [0, 0.05) is 12.6 Å². The maximum atomic E-state index is 10.7. The Balaban J connectivity index is 2.15. The van der Waals surface area contributed by atoms with E-state index in [0.717, 1.165) is 0 Å². The summed E-state index contributed by atoms with van der Waals surface area (Å²) in [6.45, 7) is 2.87. The molecule has 6 heteroatoms. The van der Waals surface area contributed by atoms with Gasteiger partial charge in [0.1, 0.15) is 0 Å². The lowest BCUT2D eigenvalue weighted by Crippen LogP contribution is -2.49. The molecule has 0 bridgehead atoms. The molecule has 1 aliphatic rings. The molecule has 1 saturated heterocycles. The van der Waals surface area contributed by atoms with Crippen molar-refractivity contribution in [2.45, 2.75) is 19.1 Å². The van der Waals surface area contributed by atoms with Crippen molar-refractivity contribution in [3.63, 3.8) is 0 Å². The molecule has 0 aromatic carbocycles. The molecule has 0 amide bonds. The van der Waals surface area contributed by atoms with Crippen LogP contribution in [0.3, 0.4) is 0 Å². The lowest BCUT2D eigenvalue weighted by Gasteiger charge is -2.37. The highest BCUT2D eigenvalue weighted by atomic mass is 16.5. The van der Waals surface area contributed by atoms with Gasteiger partial charge in [0.25, 0.3) is 0 Å². The van der Waals surface area contributed by atoms with Crippen molar-refractivity contribution < 1.29 is 24.2 Å². The number of aromatic carboxylic acids is 1. The molecular weight excluding hydrogens is 226 g/mol. The summed E-state index contributed by atoms with van der Waals surface area (Å²) in [6, 6.07) is 3.14. The maximum Gasteiger partial charge on any atom is 0.371 e. The Hall–Kier alpha value is -1.53. The van der Waals surface area contributed by atoms with Gasteiger partial charge in [0.05, 0.1) is 25.4 Å². The fourth-order valence-corrected chi connectivity index (χ4v) is 1.83. The lowest BCUT2D eigenvalue weighted by molar-refractivity contribution is -0.0115. The molecule has 1 aromatic heterocycles. The molecular formula is C11H15NO5. The van der Waals surface area contributed by atoms with Crippen LogP contribution in [0.1, 0.15) is 17.5 Å². The Morgan fingerprint density at radius 1 is 1.59 bits per heavy atom. The molecule has 2 atom stereocenters. The van der Waals surface area contributed by atoms with E-state index >= 15 is 0 Å².